The van der Waals surface area contributed by atoms with Gasteiger partial charge in [-0.25, -0.2) is 4.39 Å². The molecule has 0 amide bonds. The second-order valence-corrected chi connectivity index (χ2v) is 5.04. The lowest BCUT2D eigenvalue weighted by molar-refractivity contribution is 0.103. The van der Waals surface area contributed by atoms with Gasteiger partial charge in [-0.05, 0) is 36.4 Å². The van der Waals surface area contributed by atoms with Crippen LogP contribution in [0.2, 0.25) is 5.02 Å². The molecule has 0 spiro atoms. The first-order valence-electron chi connectivity index (χ1n) is 5.04. The maximum Gasteiger partial charge on any atom is 0.198 e. The van der Waals surface area contributed by atoms with Gasteiger partial charge in [0.05, 0.1) is 5.56 Å². The molecule has 0 aromatic heterocycles. The highest BCUT2D eigenvalue weighted by Crippen LogP contribution is 2.23. The van der Waals surface area contributed by atoms with Crippen LogP contribution in [-0.2, 0) is 0 Å². The quantitative estimate of drug-likeness (QED) is 0.667. The van der Waals surface area contributed by atoms with E-state index in [9.17, 15) is 9.18 Å². The van der Waals surface area contributed by atoms with Crippen molar-refractivity contribution < 1.29 is 9.18 Å². The van der Waals surface area contributed by atoms with Crippen LogP contribution >= 0.6 is 27.5 Å². The van der Waals surface area contributed by atoms with Gasteiger partial charge in [0.25, 0.3) is 0 Å². The first kappa shape index (κ1) is 13.1. The Morgan fingerprint density at radius 1 is 1.17 bits per heavy atom. The van der Waals surface area contributed by atoms with E-state index in [1.165, 1.54) is 12.1 Å². The molecule has 0 atom stereocenters. The zero-order valence-electron chi connectivity index (χ0n) is 9.08. The van der Waals surface area contributed by atoms with Crippen molar-refractivity contribution in [3.8, 4) is 0 Å². The number of benzene rings is 2. The lowest BCUT2D eigenvalue weighted by Gasteiger charge is -2.06. The molecule has 0 aliphatic heterocycles. The van der Waals surface area contributed by atoms with Crippen molar-refractivity contribution in [3.63, 3.8) is 0 Å². The summed E-state index contributed by atoms with van der Waals surface area (Å²) in [5, 5.41) is 0.242. The van der Waals surface area contributed by atoms with Gasteiger partial charge in [0.15, 0.2) is 5.78 Å². The Kier molecular flexibility index (Phi) is 3.68. The highest BCUT2D eigenvalue weighted by atomic mass is 79.9. The molecule has 0 heterocycles. The zero-order chi connectivity index (χ0) is 13.3. The predicted octanol–water partition coefficient (Wildman–Crippen LogP) is 4.05. The van der Waals surface area contributed by atoms with E-state index in [-0.39, 0.29) is 16.1 Å². The van der Waals surface area contributed by atoms with Gasteiger partial charge in [-0.15, -0.1) is 0 Å². The van der Waals surface area contributed by atoms with Crippen LogP contribution in [0.25, 0.3) is 0 Å². The predicted molar refractivity (Wildman–Crippen MR) is 73.4 cm³/mol. The Morgan fingerprint density at radius 2 is 1.89 bits per heavy atom. The molecule has 0 unspecified atom stereocenters. The summed E-state index contributed by atoms with van der Waals surface area (Å²) in [5.41, 5.74) is 6.22. The molecule has 0 saturated carbocycles. The summed E-state index contributed by atoms with van der Waals surface area (Å²) in [6.07, 6.45) is 0. The van der Waals surface area contributed by atoms with Crippen LogP contribution in [0.15, 0.2) is 40.9 Å². The highest BCUT2D eigenvalue weighted by molar-refractivity contribution is 9.10. The third kappa shape index (κ3) is 2.54. The van der Waals surface area contributed by atoms with Crippen molar-refractivity contribution in [1.82, 2.24) is 0 Å². The average molecular weight is 329 g/mol. The molecular formula is C13H8BrClFNO. The fraction of sp³-hybridized carbons (Fsp3) is 0. The maximum atomic E-state index is 13.7. The minimum absolute atomic E-state index is 0.0517. The van der Waals surface area contributed by atoms with E-state index in [2.05, 4.69) is 15.9 Å². The molecule has 92 valence electrons. The van der Waals surface area contributed by atoms with Crippen molar-refractivity contribution >= 4 is 39.0 Å². The summed E-state index contributed by atoms with van der Waals surface area (Å²) in [7, 11) is 0. The minimum atomic E-state index is -0.660. The van der Waals surface area contributed by atoms with Crippen LogP contribution in [0.3, 0.4) is 0 Å². The summed E-state index contributed by atoms with van der Waals surface area (Å²) in [5.74, 6) is -1.13. The van der Waals surface area contributed by atoms with E-state index in [0.717, 1.165) is 6.07 Å². The molecule has 0 saturated heterocycles. The highest BCUT2D eigenvalue weighted by Gasteiger charge is 2.16. The number of rotatable bonds is 2. The molecule has 18 heavy (non-hydrogen) atoms. The Morgan fingerprint density at radius 3 is 2.56 bits per heavy atom. The molecule has 2 aromatic rings. The van der Waals surface area contributed by atoms with E-state index < -0.39 is 11.6 Å². The van der Waals surface area contributed by atoms with Crippen LogP contribution in [0.4, 0.5) is 10.1 Å². The molecule has 0 aliphatic carbocycles. The fourth-order valence-corrected chi connectivity index (χ4v) is 2.06. The molecule has 0 bridgehead atoms. The Balaban J connectivity index is 2.51. The molecule has 5 heteroatoms. The molecule has 2 N–H and O–H groups in total. The Bertz CT molecular complexity index is 630. The summed E-state index contributed by atoms with van der Waals surface area (Å²) in [4.78, 5) is 12.2. The molecular weight excluding hydrogens is 321 g/mol. The summed E-state index contributed by atoms with van der Waals surface area (Å²) >= 11 is 8.89. The standard InChI is InChI=1S/C13H8BrClFNO/c14-7-1-4-12(17)10(5-7)13(18)9-3-2-8(15)6-11(9)16/h1-6H,17H2. The number of ketones is 1. The number of carbonyl (C=O) groups excluding carboxylic acids is 1. The van der Waals surface area contributed by atoms with Crippen LogP contribution < -0.4 is 5.73 Å². The molecule has 0 fully saturated rings. The lowest BCUT2D eigenvalue weighted by atomic mass is 10.0. The van der Waals surface area contributed by atoms with Gasteiger partial charge >= 0.3 is 0 Å². The van der Waals surface area contributed by atoms with Crippen LogP contribution in [-0.4, -0.2) is 5.78 Å². The van der Waals surface area contributed by atoms with Crippen molar-refractivity contribution in [2.24, 2.45) is 0 Å². The minimum Gasteiger partial charge on any atom is -0.398 e. The largest absolute Gasteiger partial charge is 0.398 e. The molecule has 2 nitrogen and oxygen atoms in total. The van der Waals surface area contributed by atoms with E-state index in [1.807, 2.05) is 0 Å². The second-order valence-electron chi connectivity index (χ2n) is 3.68. The van der Waals surface area contributed by atoms with Crippen LogP contribution in [0.5, 0.6) is 0 Å². The maximum absolute atomic E-state index is 13.7. The van der Waals surface area contributed by atoms with E-state index in [1.54, 1.807) is 18.2 Å². The zero-order valence-corrected chi connectivity index (χ0v) is 11.4. The van der Waals surface area contributed by atoms with Gasteiger partial charge in [0, 0.05) is 20.7 Å². The Hall–Kier alpha value is -1.39. The first-order valence-corrected chi connectivity index (χ1v) is 6.21. The topological polar surface area (TPSA) is 43.1 Å². The third-order valence-corrected chi connectivity index (χ3v) is 3.16. The number of hydrogen-bond donors (Lipinski definition) is 1. The van der Waals surface area contributed by atoms with Crippen LogP contribution in [0.1, 0.15) is 15.9 Å². The average Bonchev–Trinajstić information content (AvgIpc) is 2.31. The van der Waals surface area contributed by atoms with Gasteiger partial charge in [0.2, 0.25) is 0 Å². The van der Waals surface area contributed by atoms with E-state index in [4.69, 9.17) is 17.3 Å². The number of anilines is 1. The second kappa shape index (κ2) is 5.08. The fourth-order valence-electron chi connectivity index (χ4n) is 1.54. The van der Waals surface area contributed by atoms with Crippen LogP contribution in [0, 0.1) is 5.82 Å². The number of hydrogen-bond acceptors (Lipinski definition) is 2. The van der Waals surface area contributed by atoms with Gasteiger partial charge < -0.3 is 5.73 Å². The van der Waals surface area contributed by atoms with Gasteiger partial charge in [-0.2, -0.15) is 0 Å². The van der Waals surface area contributed by atoms with Crippen molar-refractivity contribution in [1.29, 1.82) is 0 Å². The van der Waals surface area contributed by atoms with Crippen molar-refractivity contribution in [3.05, 3.63) is 62.8 Å². The SMILES string of the molecule is Nc1ccc(Br)cc1C(=O)c1ccc(Cl)cc1F. The summed E-state index contributed by atoms with van der Waals surface area (Å²) in [6, 6.07) is 8.77. The lowest BCUT2D eigenvalue weighted by Crippen LogP contribution is -2.07. The molecule has 0 aliphatic rings. The van der Waals surface area contributed by atoms with Gasteiger partial charge in [-0.3, -0.25) is 4.79 Å². The number of nitrogens with two attached hydrogens (primary N) is 1. The summed E-state index contributed by atoms with van der Waals surface area (Å²) in [6.45, 7) is 0. The van der Waals surface area contributed by atoms with Gasteiger partial charge in [0.1, 0.15) is 5.82 Å². The van der Waals surface area contributed by atoms with E-state index in [0.29, 0.717) is 10.2 Å². The number of carbonyl (C=O) groups is 1. The molecule has 2 rings (SSSR count). The Labute approximate surface area is 117 Å². The van der Waals surface area contributed by atoms with Crippen molar-refractivity contribution in [2.45, 2.75) is 0 Å². The van der Waals surface area contributed by atoms with Gasteiger partial charge in [-0.1, -0.05) is 27.5 Å². The number of halogens is 3. The third-order valence-electron chi connectivity index (χ3n) is 2.44. The summed E-state index contributed by atoms with van der Waals surface area (Å²) < 4.78 is 14.4. The number of nitrogen functional groups attached to an aromatic ring is 1. The first-order chi connectivity index (χ1) is 8.49. The smallest absolute Gasteiger partial charge is 0.198 e. The van der Waals surface area contributed by atoms with E-state index >= 15 is 0 Å². The van der Waals surface area contributed by atoms with Crippen molar-refractivity contribution in [2.75, 3.05) is 5.73 Å². The molecule has 0 radical (unpaired) electrons. The normalized spacial score (nSPS) is 10.4. The monoisotopic (exact) mass is 327 g/mol. The molecule has 2 aromatic carbocycles.